The van der Waals surface area contributed by atoms with E-state index >= 15 is 0 Å². The highest BCUT2D eigenvalue weighted by atomic mass is 16.5. The van der Waals surface area contributed by atoms with Gasteiger partial charge in [-0.15, -0.1) is 0 Å². The van der Waals surface area contributed by atoms with Gasteiger partial charge in [0.15, 0.2) is 0 Å². The first-order valence-corrected chi connectivity index (χ1v) is 10.1. The fraction of sp³-hybridized carbons (Fsp3) is 0.636. The zero-order valence-corrected chi connectivity index (χ0v) is 18.0. The Balaban J connectivity index is 1.85. The molecule has 0 aromatic heterocycles. The Morgan fingerprint density at radius 2 is 1.93 bits per heavy atom. The highest BCUT2D eigenvalue weighted by molar-refractivity contribution is 5.75. The van der Waals surface area contributed by atoms with E-state index in [2.05, 4.69) is 37.1 Å². The summed E-state index contributed by atoms with van der Waals surface area (Å²) in [7, 11) is 1.71. The van der Waals surface area contributed by atoms with Crippen LogP contribution in [0.1, 0.15) is 42.5 Å². The van der Waals surface area contributed by atoms with Crippen molar-refractivity contribution in [1.82, 2.24) is 15.1 Å². The predicted octanol–water partition coefficient (Wildman–Crippen LogP) is 2.18. The van der Waals surface area contributed by atoms with Crippen molar-refractivity contribution in [2.75, 3.05) is 33.3 Å². The molecule has 6 nitrogen and oxygen atoms in total. The third kappa shape index (κ3) is 3.75. The van der Waals surface area contributed by atoms with Crippen molar-refractivity contribution in [1.29, 1.82) is 0 Å². The van der Waals surface area contributed by atoms with Crippen molar-refractivity contribution < 1.29 is 14.3 Å². The lowest BCUT2D eigenvalue weighted by atomic mass is 9.80. The van der Waals surface area contributed by atoms with Gasteiger partial charge in [0.05, 0.1) is 12.6 Å². The molecule has 6 heteroatoms. The Morgan fingerprint density at radius 3 is 2.54 bits per heavy atom. The second-order valence-electron chi connectivity index (χ2n) is 8.54. The first-order chi connectivity index (χ1) is 13.2. The maximum Gasteiger partial charge on any atom is 0.219 e. The molecular formula is C22H33N3O3. The number of hydrogen-bond acceptors (Lipinski definition) is 4. The number of nitrogens with zero attached hydrogens (tertiary/aromatic N) is 2. The topological polar surface area (TPSA) is 61.9 Å². The first-order valence-electron chi connectivity index (χ1n) is 10.1. The van der Waals surface area contributed by atoms with Gasteiger partial charge in [-0.2, -0.15) is 0 Å². The number of aryl methyl sites for hydroxylation is 1. The number of carbonyl (C=O) groups excluding carboxylic acids is 2. The van der Waals surface area contributed by atoms with Gasteiger partial charge in [0.1, 0.15) is 5.75 Å². The van der Waals surface area contributed by atoms with Gasteiger partial charge in [0, 0.05) is 52.5 Å². The number of nitrogens with one attached hydrogen (secondary N) is 1. The lowest BCUT2D eigenvalue weighted by Crippen LogP contribution is -2.61. The van der Waals surface area contributed by atoms with E-state index < -0.39 is 0 Å². The van der Waals surface area contributed by atoms with Crippen molar-refractivity contribution in [3.8, 4) is 5.75 Å². The third-order valence-corrected chi connectivity index (χ3v) is 6.71. The molecule has 3 rings (SSSR count). The first kappa shape index (κ1) is 20.6. The van der Waals surface area contributed by atoms with Crippen LogP contribution in [0.5, 0.6) is 5.75 Å². The summed E-state index contributed by atoms with van der Waals surface area (Å²) in [6, 6.07) is 2.11. The van der Waals surface area contributed by atoms with Crippen molar-refractivity contribution >= 4 is 11.8 Å². The Hall–Kier alpha value is -2.08. The molecular weight excluding hydrogens is 354 g/mol. The zero-order valence-electron chi connectivity index (χ0n) is 18.0. The number of hydrogen-bond donors (Lipinski definition) is 1. The highest BCUT2D eigenvalue weighted by Gasteiger charge is 2.50. The molecule has 2 amide bonds. The minimum absolute atomic E-state index is 0.00998. The number of ether oxygens (including phenoxy) is 1. The number of amides is 2. The standard InChI is InChI=1S/C22H33N3O3/c1-14-9-21(28-6)16(3)15(2)20(14)12-24-10-19-11-25(18(5)27)8-7-22(19,13-24)23-17(4)26/h9,19H,7-8,10-13H2,1-6H3,(H,23,26)/t19-,22+/m0/s1. The Morgan fingerprint density at radius 1 is 1.21 bits per heavy atom. The summed E-state index contributed by atoms with van der Waals surface area (Å²) < 4.78 is 5.50. The quantitative estimate of drug-likeness (QED) is 0.860. The summed E-state index contributed by atoms with van der Waals surface area (Å²) in [6.07, 6.45) is 0.812. The molecule has 1 N–H and O–H groups in total. The number of fused-ring (bicyclic) bond motifs is 1. The van der Waals surface area contributed by atoms with E-state index in [0.29, 0.717) is 13.1 Å². The molecule has 2 atom stereocenters. The summed E-state index contributed by atoms with van der Waals surface area (Å²) in [6.45, 7) is 13.6. The van der Waals surface area contributed by atoms with Crippen LogP contribution in [0.4, 0.5) is 0 Å². The van der Waals surface area contributed by atoms with Gasteiger partial charge in [-0.05, 0) is 55.5 Å². The third-order valence-electron chi connectivity index (χ3n) is 6.71. The van der Waals surface area contributed by atoms with E-state index in [-0.39, 0.29) is 23.3 Å². The number of carbonyl (C=O) groups is 2. The van der Waals surface area contributed by atoms with Crippen LogP contribution in [-0.2, 0) is 16.1 Å². The molecule has 0 bridgehead atoms. The van der Waals surface area contributed by atoms with Crippen molar-refractivity contribution in [3.05, 3.63) is 28.3 Å². The average Bonchev–Trinajstić information content (AvgIpc) is 2.97. The van der Waals surface area contributed by atoms with Gasteiger partial charge in [-0.25, -0.2) is 0 Å². The lowest BCUT2D eigenvalue weighted by Gasteiger charge is -2.43. The average molecular weight is 388 g/mol. The molecule has 1 aromatic rings. The van der Waals surface area contributed by atoms with Gasteiger partial charge < -0.3 is 15.0 Å². The van der Waals surface area contributed by atoms with Gasteiger partial charge in [-0.3, -0.25) is 14.5 Å². The number of rotatable bonds is 4. The molecule has 0 spiro atoms. The molecule has 0 aliphatic carbocycles. The fourth-order valence-corrected chi connectivity index (χ4v) is 5.03. The van der Waals surface area contributed by atoms with E-state index in [4.69, 9.17) is 4.74 Å². The summed E-state index contributed by atoms with van der Waals surface area (Å²) in [5.74, 6) is 1.32. The van der Waals surface area contributed by atoms with Crippen LogP contribution in [0.25, 0.3) is 0 Å². The summed E-state index contributed by atoms with van der Waals surface area (Å²) in [5, 5.41) is 3.25. The molecule has 0 saturated carbocycles. The zero-order chi connectivity index (χ0) is 20.6. The van der Waals surface area contributed by atoms with Crippen LogP contribution in [-0.4, -0.2) is 60.4 Å². The largest absolute Gasteiger partial charge is 0.496 e. The SMILES string of the molecule is COc1cc(C)c(CN2C[C@H]3CN(C(C)=O)CC[C@@]3(NC(C)=O)C2)c(C)c1C. The Kier molecular flexibility index (Phi) is 5.71. The molecule has 0 radical (unpaired) electrons. The lowest BCUT2D eigenvalue weighted by molar-refractivity contribution is -0.132. The molecule has 0 unspecified atom stereocenters. The minimum atomic E-state index is -0.235. The Labute approximate surface area is 168 Å². The van der Waals surface area contributed by atoms with Crippen LogP contribution < -0.4 is 10.1 Å². The van der Waals surface area contributed by atoms with Crippen LogP contribution >= 0.6 is 0 Å². The maximum absolute atomic E-state index is 11.9. The summed E-state index contributed by atoms with van der Waals surface area (Å²) >= 11 is 0. The summed E-state index contributed by atoms with van der Waals surface area (Å²) in [5.41, 5.74) is 4.78. The number of likely N-dealkylation sites (tertiary alicyclic amines) is 2. The second-order valence-corrected chi connectivity index (χ2v) is 8.54. The van der Waals surface area contributed by atoms with Gasteiger partial charge in [-0.1, -0.05) is 0 Å². The smallest absolute Gasteiger partial charge is 0.219 e. The Bertz CT molecular complexity index is 792. The second kappa shape index (κ2) is 7.74. The van der Waals surface area contributed by atoms with E-state index in [1.807, 2.05) is 4.90 Å². The number of methoxy groups -OCH3 is 1. The number of piperidine rings is 1. The van der Waals surface area contributed by atoms with Crippen LogP contribution in [0, 0.1) is 26.7 Å². The minimum Gasteiger partial charge on any atom is -0.496 e. The van der Waals surface area contributed by atoms with E-state index in [1.165, 1.54) is 22.3 Å². The molecule has 2 heterocycles. The van der Waals surface area contributed by atoms with Gasteiger partial charge in [0.2, 0.25) is 11.8 Å². The predicted molar refractivity (Wildman–Crippen MR) is 109 cm³/mol. The van der Waals surface area contributed by atoms with Crippen molar-refractivity contribution in [2.24, 2.45) is 5.92 Å². The van der Waals surface area contributed by atoms with Crippen LogP contribution in [0.15, 0.2) is 6.07 Å². The molecule has 2 saturated heterocycles. The molecule has 28 heavy (non-hydrogen) atoms. The van der Waals surface area contributed by atoms with Gasteiger partial charge in [0.25, 0.3) is 0 Å². The molecule has 1 aromatic carbocycles. The fourth-order valence-electron chi connectivity index (χ4n) is 5.03. The van der Waals surface area contributed by atoms with Crippen molar-refractivity contribution in [3.63, 3.8) is 0 Å². The van der Waals surface area contributed by atoms with E-state index in [9.17, 15) is 9.59 Å². The highest BCUT2D eigenvalue weighted by Crippen LogP contribution is 2.37. The van der Waals surface area contributed by atoms with E-state index in [0.717, 1.165) is 31.8 Å². The van der Waals surface area contributed by atoms with Crippen LogP contribution in [0.2, 0.25) is 0 Å². The summed E-state index contributed by atoms with van der Waals surface area (Å²) in [4.78, 5) is 28.2. The molecule has 154 valence electrons. The normalized spacial score (nSPS) is 24.8. The number of benzene rings is 1. The van der Waals surface area contributed by atoms with Crippen molar-refractivity contribution in [2.45, 2.75) is 53.1 Å². The molecule has 2 aliphatic heterocycles. The maximum atomic E-state index is 11.9. The van der Waals surface area contributed by atoms with Crippen LogP contribution in [0.3, 0.4) is 0 Å². The monoisotopic (exact) mass is 387 g/mol. The molecule has 2 fully saturated rings. The van der Waals surface area contributed by atoms with E-state index in [1.54, 1.807) is 21.0 Å². The van der Waals surface area contributed by atoms with Gasteiger partial charge >= 0.3 is 0 Å². The molecule has 2 aliphatic rings.